The average Bonchev–Trinajstić information content (AvgIpc) is 3.17. The molecule has 28 heavy (non-hydrogen) atoms. The van der Waals surface area contributed by atoms with Crippen molar-refractivity contribution in [2.45, 2.75) is 39.8 Å². The van der Waals surface area contributed by atoms with Crippen LogP contribution in [0.3, 0.4) is 0 Å². The first-order valence-electron chi connectivity index (χ1n) is 9.35. The zero-order chi connectivity index (χ0) is 20.1. The summed E-state index contributed by atoms with van der Waals surface area (Å²) in [6, 6.07) is 15.4. The SMILES string of the molecule is CCC(Oc1cccc(C)c1C)C(=O)N(C)Cc1nc(-c2ccccc2)no1. The number of amides is 1. The fourth-order valence-corrected chi connectivity index (χ4v) is 2.86. The number of carbonyl (C=O) groups is 1. The Hall–Kier alpha value is -3.15. The van der Waals surface area contributed by atoms with Crippen LogP contribution < -0.4 is 4.74 Å². The van der Waals surface area contributed by atoms with Crippen molar-refractivity contribution in [3.63, 3.8) is 0 Å². The molecule has 1 atom stereocenters. The normalized spacial score (nSPS) is 11.9. The second-order valence-electron chi connectivity index (χ2n) is 6.78. The molecular weight excluding hydrogens is 354 g/mol. The van der Waals surface area contributed by atoms with Crippen LogP contribution in [-0.2, 0) is 11.3 Å². The Labute approximate surface area is 165 Å². The van der Waals surface area contributed by atoms with Gasteiger partial charge in [0.1, 0.15) is 5.75 Å². The highest BCUT2D eigenvalue weighted by Gasteiger charge is 2.24. The van der Waals surface area contributed by atoms with E-state index in [0.717, 1.165) is 22.4 Å². The van der Waals surface area contributed by atoms with Gasteiger partial charge in [-0.3, -0.25) is 4.79 Å². The molecule has 0 saturated carbocycles. The highest BCUT2D eigenvalue weighted by molar-refractivity contribution is 5.81. The van der Waals surface area contributed by atoms with E-state index in [1.165, 1.54) is 0 Å². The number of aryl methyl sites for hydroxylation is 1. The Morgan fingerprint density at radius 1 is 1.14 bits per heavy atom. The summed E-state index contributed by atoms with van der Waals surface area (Å²) >= 11 is 0. The Kier molecular flexibility index (Phi) is 6.09. The molecule has 6 nitrogen and oxygen atoms in total. The molecule has 1 unspecified atom stereocenters. The Morgan fingerprint density at radius 3 is 2.61 bits per heavy atom. The predicted octanol–water partition coefficient (Wildman–Crippen LogP) is 4.17. The van der Waals surface area contributed by atoms with Crippen LogP contribution in [0.4, 0.5) is 0 Å². The number of hydrogen-bond donors (Lipinski definition) is 0. The van der Waals surface area contributed by atoms with Crippen LogP contribution >= 0.6 is 0 Å². The molecule has 2 aromatic carbocycles. The van der Waals surface area contributed by atoms with Crippen LogP contribution in [0, 0.1) is 13.8 Å². The first-order valence-corrected chi connectivity index (χ1v) is 9.35. The number of hydrogen-bond acceptors (Lipinski definition) is 5. The van der Waals surface area contributed by atoms with Crippen LogP contribution in [0.25, 0.3) is 11.4 Å². The Morgan fingerprint density at radius 2 is 1.89 bits per heavy atom. The van der Waals surface area contributed by atoms with Crippen molar-refractivity contribution in [2.24, 2.45) is 0 Å². The standard InChI is InChI=1S/C22H25N3O3/c1-5-18(27-19-13-9-10-15(2)16(19)3)22(26)25(4)14-20-23-21(24-28-20)17-11-7-6-8-12-17/h6-13,18H,5,14H2,1-4H3. The quantitative estimate of drug-likeness (QED) is 0.616. The molecule has 3 aromatic rings. The minimum atomic E-state index is -0.568. The van der Waals surface area contributed by atoms with Crippen LogP contribution in [0.2, 0.25) is 0 Å². The Balaban J connectivity index is 1.67. The molecule has 0 aliphatic carbocycles. The predicted molar refractivity (Wildman–Crippen MR) is 107 cm³/mol. The average molecular weight is 379 g/mol. The number of benzene rings is 2. The van der Waals surface area contributed by atoms with Crippen LogP contribution in [0.15, 0.2) is 53.1 Å². The molecular formula is C22H25N3O3. The van der Waals surface area contributed by atoms with Gasteiger partial charge in [0, 0.05) is 12.6 Å². The van der Waals surface area contributed by atoms with Gasteiger partial charge in [-0.25, -0.2) is 0 Å². The summed E-state index contributed by atoms with van der Waals surface area (Å²) in [6.07, 6.45) is -0.00245. The lowest BCUT2D eigenvalue weighted by Crippen LogP contribution is -2.39. The van der Waals surface area contributed by atoms with Gasteiger partial charge in [-0.1, -0.05) is 54.5 Å². The van der Waals surface area contributed by atoms with Crippen molar-refractivity contribution < 1.29 is 14.1 Å². The van der Waals surface area contributed by atoms with E-state index in [4.69, 9.17) is 9.26 Å². The summed E-state index contributed by atoms with van der Waals surface area (Å²) in [6.45, 7) is 6.18. The van der Waals surface area contributed by atoms with E-state index in [9.17, 15) is 4.79 Å². The zero-order valence-corrected chi connectivity index (χ0v) is 16.7. The van der Waals surface area contributed by atoms with E-state index in [0.29, 0.717) is 18.1 Å². The third-order valence-corrected chi connectivity index (χ3v) is 4.72. The third kappa shape index (κ3) is 4.39. The third-order valence-electron chi connectivity index (χ3n) is 4.72. The monoisotopic (exact) mass is 379 g/mol. The summed E-state index contributed by atoms with van der Waals surface area (Å²) in [5.41, 5.74) is 3.05. The second-order valence-corrected chi connectivity index (χ2v) is 6.78. The first kappa shape index (κ1) is 19.6. The van der Waals surface area contributed by atoms with Gasteiger partial charge in [-0.05, 0) is 37.5 Å². The highest BCUT2D eigenvalue weighted by atomic mass is 16.5. The van der Waals surface area contributed by atoms with Gasteiger partial charge < -0.3 is 14.2 Å². The van der Waals surface area contributed by atoms with Crippen molar-refractivity contribution >= 4 is 5.91 Å². The van der Waals surface area contributed by atoms with Crippen molar-refractivity contribution in [2.75, 3.05) is 7.05 Å². The van der Waals surface area contributed by atoms with E-state index < -0.39 is 6.10 Å². The molecule has 0 spiro atoms. The molecule has 1 aromatic heterocycles. The van der Waals surface area contributed by atoms with Gasteiger partial charge in [0.2, 0.25) is 11.7 Å². The lowest BCUT2D eigenvalue weighted by molar-refractivity contribution is -0.138. The number of aromatic nitrogens is 2. The van der Waals surface area contributed by atoms with Crippen molar-refractivity contribution in [3.8, 4) is 17.1 Å². The molecule has 0 radical (unpaired) electrons. The lowest BCUT2D eigenvalue weighted by atomic mass is 10.1. The van der Waals surface area contributed by atoms with Gasteiger partial charge >= 0.3 is 0 Å². The molecule has 1 amide bonds. The molecule has 0 bridgehead atoms. The van der Waals surface area contributed by atoms with E-state index in [2.05, 4.69) is 10.1 Å². The van der Waals surface area contributed by atoms with Crippen molar-refractivity contribution in [3.05, 3.63) is 65.5 Å². The van der Waals surface area contributed by atoms with Crippen LogP contribution in [-0.4, -0.2) is 34.1 Å². The van der Waals surface area contributed by atoms with E-state index >= 15 is 0 Å². The molecule has 0 saturated heterocycles. The minimum absolute atomic E-state index is 0.122. The molecule has 146 valence electrons. The smallest absolute Gasteiger partial charge is 0.263 e. The summed E-state index contributed by atoms with van der Waals surface area (Å²) in [5.74, 6) is 1.51. The van der Waals surface area contributed by atoms with Crippen LogP contribution in [0.5, 0.6) is 5.75 Å². The van der Waals surface area contributed by atoms with Gasteiger partial charge in [-0.15, -0.1) is 0 Å². The molecule has 1 heterocycles. The van der Waals surface area contributed by atoms with Crippen molar-refractivity contribution in [1.29, 1.82) is 0 Å². The lowest BCUT2D eigenvalue weighted by Gasteiger charge is -2.23. The van der Waals surface area contributed by atoms with Gasteiger partial charge in [0.25, 0.3) is 5.91 Å². The van der Waals surface area contributed by atoms with Crippen molar-refractivity contribution in [1.82, 2.24) is 15.0 Å². The van der Waals surface area contributed by atoms with Gasteiger partial charge in [0.15, 0.2) is 6.10 Å². The van der Waals surface area contributed by atoms with E-state index in [1.54, 1.807) is 11.9 Å². The maximum absolute atomic E-state index is 12.9. The number of rotatable bonds is 7. The maximum atomic E-state index is 12.9. The first-order chi connectivity index (χ1) is 13.5. The molecule has 0 aliphatic heterocycles. The maximum Gasteiger partial charge on any atom is 0.263 e. The highest BCUT2D eigenvalue weighted by Crippen LogP contribution is 2.23. The van der Waals surface area contributed by atoms with Crippen LogP contribution in [0.1, 0.15) is 30.4 Å². The number of likely N-dealkylation sites (N-methyl/N-ethyl adjacent to an activating group) is 1. The molecule has 0 aliphatic rings. The molecule has 6 heteroatoms. The zero-order valence-electron chi connectivity index (χ0n) is 16.7. The Bertz CT molecular complexity index is 937. The summed E-state index contributed by atoms with van der Waals surface area (Å²) in [5, 5.41) is 4.00. The number of carbonyl (C=O) groups excluding carboxylic acids is 1. The fourth-order valence-electron chi connectivity index (χ4n) is 2.86. The largest absolute Gasteiger partial charge is 0.480 e. The topological polar surface area (TPSA) is 68.5 Å². The number of ether oxygens (including phenoxy) is 1. The van der Waals surface area contributed by atoms with Gasteiger partial charge in [0.05, 0.1) is 6.54 Å². The molecule has 0 N–H and O–H groups in total. The van der Waals surface area contributed by atoms with E-state index in [1.807, 2.05) is 69.3 Å². The second kappa shape index (κ2) is 8.69. The summed E-state index contributed by atoms with van der Waals surface area (Å²) < 4.78 is 11.3. The minimum Gasteiger partial charge on any atom is -0.480 e. The molecule has 0 fully saturated rings. The molecule has 3 rings (SSSR count). The van der Waals surface area contributed by atoms with Gasteiger partial charge in [-0.2, -0.15) is 4.98 Å². The summed E-state index contributed by atoms with van der Waals surface area (Å²) in [4.78, 5) is 18.8. The van der Waals surface area contributed by atoms with E-state index in [-0.39, 0.29) is 12.5 Å². The fraction of sp³-hybridized carbons (Fsp3) is 0.318. The summed E-state index contributed by atoms with van der Waals surface area (Å²) in [7, 11) is 1.71. The number of nitrogens with zero attached hydrogens (tertiary/aromatic N) is 3.